The van der Waals surface area contributed by atoms with E-state index in [0.717, 1.165) is 0 Å². The molecule has 0 radical (unpaired) electrons. The molecule has 54 valence electrons. The van der Waals surface area contributed by atoms with E-state index < -0.39 is 5.97 Å². The number of carboxylic acid groups (broad SMARTS) is 1. The van der Waals surface area contributed by atoms with Gasteiger partial charge >= 0.3 is 5.97 Å². The largest absolute Gasteiger partial charge is 0.481 e. The van der Waals surface area contributed by atoms with E-state index in [9.17, 15) is 4.79 Å². The van der Waals surface area contributed by atoms with Crippen LogP contribution in [0.5, 0.6) is 0 Å². The third kappa shape index (κ3) is 0.671. The van der Waals surface area contributed by atoms with Gasteiger partial charge in [0.1, 0.15) is 0 Å². The van der Waals surface area contributed by atoms with Crippen LogP contribution in [-0.2, 0) is 9.53 Å². The van der Waals surface area contributed by atoms with Gasteiger partial charge in [-0.2, -0.15) is 0 Å². The van der Waals surface area contributed by atoms with Gasteiger partial charge in [0, 0.05) is 0 Å². The van der Waals surface area contributed by atoms with Gasteiger partial charge in [-0.15, -0.1) is 0 Å². The number of rotatable bonds is 1. The number of ether oxygens (including phenoxy) is 1. The van der Waals surface area contributed by atoms with E-state index in [1.807, 2.05) is 12.2 Å². The monoisotopic (exact) mass is 140 g/mol. The van der Waals surface area contributed by atoms with Crippen LogP contribution in [0.3, 0.4) is 0 Å². The second kappa shape index (κ2) is 1.83. The summed E-state index contributed by atoms with van der Waals surface area (Å²) < 4.78 is 5.25. The number of hydrogen-bond donors (Lipinski definition) is 1. The molecular weight excluding hydrogens is 132 g/mol. The average Bonchev–Trinajstić information content (AvgIpc) is 2.44. The predicted molar refractivity (Wildman–Crippen MR) is 33.5 cm³/mol. The standard InChI is InChI=1S/C7H8O3/c8-7(9)5-3-4-1-2-6(5)10-4/h1-2,4-6H,3H2,(H,8,9)/t4?,5-,6+/m1/s1. The molecule has 2 bridgehead atoms. The fraction of sp³-hybridized carbons (Fsp3) is 0.571. The van der Waals surface area contributed by atoms with Crippen molar-refractivity contribution in [3.05, 3.63) is 12.2 Å². The zero-order valence-corrected chi connectivity index (χ0v) is 5.36. The molecular formula is C7H8O3. The molecule has 0 saturated carbocycles. The molecule has 0 amide bonds. The van der Waals surface area contributed by atoms with E-state index in [-0.39, 0.29) is 18.1 Å². The number of fused-ring (bicyclic) bond motifs is 2. The zero-order chi connectivity index (χ0) is 7.14. The Kier molecular flexibility index (Phi) is 1.08. The van der Waals surface area contributed by atoms with Crippen LogP contribution >= 0.6 is 0 Å². The van der Waals surface area contributed by atoms with Gasteiger partial charge in [-0.25, -0.2) is 0 Å². The molecule has 0 aromatic rings. The third-order valence-electron chi connectivity index (χ3n) is 2.05. The molecule has 10 heavy (non-hydrogen) atoms. The van der Waals surface area contributed by atoms with Gasteiger partial charge in [0.15, 0.2) is 0 Å². The molecule has 1 unspecified atom stereocenters. The molecule has 0 aromatic carbocycles. The van der Waals surface area contributed by atoms with Crippen molar-refractivity contribution in [2.24, 2.45) is 5.92 Å². The molecule has 1 saturated heterocycles. The fourth-order valence-electron chi connectivity index (χ4n) is 1.51. The van der Waals surface area contributed by atoms with Crippen molar-refractivity contribution >= 4 is 5.97 Å². The Labute approximate surface area is 58.3 Å². The number of carbonyl (C=O) groups is 1. The lowest BCUT2D eigenvalue weighted by Gasteiger charge is -2.08. The quantitative estimate of drug-likeness (QED) is 0.537. The Bertz CT molecular complexity index is 197. The van der Waals surface area contributed by atoms with Crippen molar-refractivity contribution in [3.63, 3.8) is 0 Å². The summed E-state index contributed by atoms with van der Waals surface area (Å²) in [7, 11) is 0. The molecule has 3 atom stereocenters. The fourth-order valence-corrected chi connectivity index (χ4v) is 1.51. The average molecular weight is 140 g/mol. The molecule has 3 heteroatoms. The summed E-state index contributed by atoms with van der Waals surface area (Å²) in [5.74, 6) is -1.04. The van der Waals surface area contributed by atoms with Crippen LogP contribution in [0, 0.1) is 5.92 Å². The van der Waals surface area contributed by atoms with Crippen LogP contribution in [0.25, 0.3) is 0 Å². The summed E-state index contributed by atoms with van der Waals surface area (Å²) in [6.45, 7) is 0. The predicted octanol–water partition coefficient (Wildman–Crippen LogP) is 0.415. The highest BCUT2D eigenvalue weighted by atomic mass is 16.5. The summed E-state index contributed by atoms with van der Waals surface area (Å²) in [4.78, 5) is 10.5. The Morgan fingerprint density at radius 3 is 2.70 bits per heavy atom. The van der Waals surface area contributed by atoms with Gasteiger partial charge in [-0.1, -0.05) is 12.2 Å². The summed E-state index contributed by atoms with van der Waals surface area (Å²) in [6.07, 6.45) is 4.35. The SMILES string of the molecule is O=C(O)[C@@H]1CC2C=C[C@@H]1O2. The van der Waals surface area contributed by atoms with Crippen LogP contribution in [0.2, 0.25) is 0 Å². The maximum atomic E-state index is 10.5. The van der Waals surface area contributed by atoms with E-state index >= 15 is 0 Å². The topological polar surface area (TPSA) is 46.5 Å². The molecule has 1 N–H and O–H groups in total. The molecule has 2 heterocycles. The molecule has 2 aliphatic rings. The molecule has 0 aliphatic carbocycles. The highest BCUT2D eigenvalue weighted by molar-refractivity contribution is 5.72. The normalized spacial score (nSPS) is 42.6. The van der Waals surface area contributed by atoms with Crippen LogP contribution in [0.4, 0.5) is 0 Å². The van der Waals surface area contributed by atoms with Gasteiger partial charge < -0.3 is 9.84 Å². The van der Waals surface area contributed by atoms with Gasteiger partial charge in [0.05, 0.1) is 18.1 Å². The van der Waals surface area contributed by atoms with Crippen molar-refractivity contribution in [1.82, 2.24) is 0 Å². The van der Waals surface area contributed by atoms with Crippen molar-refractivity contribution in [2.75, 3.05) is 0 Å². The van der Waals surface area contributed by atoms with Crippen molar-refractivity contribution in [2.45, 2.75) is 18.6 Å². The van der Waals surface area contributed by atoms with Gasteiger partial charge in [0.2, 0.25) is 0 Å². The summed E-state index contributed by atoms with van der Waals surface area (Å²) >= 11 is 0. The smallest absolute Gasteiger partial charge is 0.309 e. The van der Waals surface area contributed by atoms with Gasteiger partial charge in [0.25, 0.3) is 0 Å². The van der Waals surface area contributed by atoms with E-state index in [1.165, 1.54) is 0 Å². The van der Waals surface area contributed by atoms with E-state index in [4.69, 9.17) is 9.84 Å². The number of hydrogen-bond acceptors (Lipinski definition) is 2. The zero-order valence-electron chi connectivity index (χ0n) is 5.36. The van der Waals surface area contributed by atoms with Crippen molar-refractivity contribution < 1.29 is 14.6 Å². The van der Waals surface area contributed by atoms with Crippen molar-refractivity contribution in [3.8, 4) is 0 Å². The molecule has 1 fully saturated rings. The first-order valence-corrected chi connectivity index (χ1v) is 3.34. The Morgan fingerprint density at radius 1 is 1.60 bits per heavy atom. The summed E-state index contributed by atoms with van der Waals surface area (Å²) in [6, 6.07) is 0. The minimum Gasteiger partial charge on any atom is -0.481 e. The molecule has 2 aliphatic heterocycles. The van der Waals surface area contributed by atoms with Crippen molar-refractivity contribution in [1.29, 1.82) is 0 Å². The van der Waals surface area contributed by atoms with Crippen LogP contribution < -0.4 is 0 Å². The number of aliphatic carboxylic acids is 1. The van der Waals surface area contributed by atoms with Crippen LogP contribution in [0.1, 0.15) is 6.42 Å². The minimum atomic E-state index is -0.739. The van der Waals surface area contributed by atoms with Crippen LogP contribution in [-0.4, -0.2) is 23.3 Å². The summed E-state index contributed by atoms with van der Waals surface area (Å²) in [5.41, 5.74) is 0. The van der Waals surface area contributed by atoms with E-state index in [0.29, 0.717) is 6.42 Å². The first kappa shape index (κ1) is 5.92. The lowest BCUT2D eigenvalue weighted by Crippen LogP contribution is -2.22. The highest BCUT2D eigenvalue weighted by Gasteiger charge is 2.40. The maximum absolute atomic E-state index is 10.5. The minimum absolute atomic E-state index is 0.0751. The third-order valence-corrected chi connectivity index (χ3v) is 2.05. The van der Waals surface area contributed by atoms with Crippen LogP contribution in [0.15, 0.2) is 12.2 Å². The first-order chi connectivity index (χ1) is 4.77. The first-order valence-electron chi connectivity index (χ1n) is 3.34. The second-order valence-electron chi connectivity index (χ2n) is 2.70. The maximum Gasteiger partial charge on any atom is 0.309 e. The summed E-state index contributed by atoms with van der Waals surface area (Å²) in [5, 5.41) is 8.62. The lowest BCUT2D eigenvalue weighted by atomic mass is 9.95. The highest BCUT2D eigenvalue weighted by Crippen LogP contribution is 2.33. The molecule has 0 aromatic heterocycles. The lowest BCUT2D eigenvalue weighted by molar-refractivity contribution is -0.142. The second-order valence-corrected chi connectivity index (χ2v) is 2.70. The molecule has 3 nitrogen and oxygen atoms in total. The van der Waals surface area contributed by atoms with E-state index in [2.05, 4.69) is 0 Å². The van der Waals surface area contributed by atoms with E-state index in [1.54, 1.807) is 0 Å². The van der Waals surface area contributed by atoms with Gasteiger partial charge in [-0.3, -0.25) is 4.79 Å². The molecule has 2 rings (SSSR count). The molecule has 0 spiro atoms. The Balaban J connectivity index is 2.16. The number of carboxylic acids is 1. The Morgan fingerprint density at radius 2 is 2.40 bits per heavy atom. The Hall–Kier alpha value is -0.830. The van der Waals surface area contributed by atoms with Gasteiger partial charge in [-0.05, 0) is 6.42 Å².